The van der Waals surface area contributed by atoms with Crippen molar-refractivity contribution in [2.45, 2.75) is 12.8 Å². The fourth-order valence-electron chi connectivity index (χ4n) is 2.49. The van der Waals surface area contributed by atoms with E-state index in [9.17, 15) is 5.26 Å². The average molecular weight is 274 g/mol. The minimum absolute atomic E-state index is 0.00671. The molecule has 0 aliphatic rings. The zero-order valence-corrected chi connectivity index (χ0v) is 11.6. The van der Waals surface area contributed by atoms with E-state index in [0.29, 0.717) is 22.5 Å². The van der Waals surface area contributed by atoms with Crippen molar-refractivity contribution < 1.29 is 0 Å². The molecule has 0 spiro atoms. The molecule has 1 unspecified atom stereocenters. The Morgan fingerprint density at radius 3 is 2.67 bits per heavy atom. The van der Waals surface area contributed by atoms with Crippen molar-refractivity contribution in [3.63, 3.8) is 0 Å². The van der Waals surface area contributed by atoms with Gasteiger partial charge in [-0.3, -0.25) is 4.98 Å². The van der Waals surface area contributed by atoms with Crippen LogP contribution in [0.5, 0.6) is 0 Å². The average Bonchev–Trinajstić information content (AvgIpc) is 2.55. The molecule has 0 fully saturated rings. The molecule has 4 nitrogen and oxygen atoms in total. The van der Waals surface area contributed by atoms with E-state index in [1.165, 1.54) is 0 Å². The lowest BCUT2D eigenvalue weighted by Crippen LogP contribution is -2.06. The van der Waals surface area contributed by atoms with Crippen molar-refractivity contribution in [2.75, 3.05) is 5.73 Å². The molecule has 3 aromatic rings. The van der Waals surface area contributed by atoms with E-state index in [2.05, 4.69) is 16.0 Å². The molecule has 102 valence electrons. The third-order valence-electron chi connectivity index (χ3n) is 3.68. The molecule has 0 radical (unpaired) electrons. The predicted molar refractivity (Wildman–Crippen MR) is 82.6 cm³/mol. The first-order valence-electron chi connectivity index (χ1n) is 6.70. The Hall–Kier alpha value is -2.93. The number of nitrogen functional groups attached to an aromatic ring is 1. The molecule has 2 heterocycles. The number of anilines is 1. The standard InChI is InChI=1S/C17H14N4/c1-11(12-5-3-2-4-6-12)17-14(9-18)16(19)13-7-8-20-10-15(13)21-17/h2-8,10-11H,1H3,(H2,19,21). The zero-order valence-electron chi connectivity index (χ0n) is 11.6. The molecule has 2 N–H and O–H groups in total. The minimum atomic E-state index is -0.00671. The molecule has 3 rings (SSSR count). The van der Waals surface area contributed by atoms with E-state index in [1.807, 2.05) is 37.3 Å². The Bertz CT molecular complexity index is 835. The second-order valence-electron chi connectivity index (χ2n) is 4.92. The lowest BCUT2D eigenvalue weighted by atomic mass is 9.93. The summed E-state index contributed by atoms with van der Waals surface area (Å²) in [5.41, 5.74) is 9.59. The van der Waals surface area contributed by atoms with Gasteiger partial charge >= 0.3 is 0 Å². The van der Waals surface area contributed by atoms with Gasteiger partial charge in [-0.15, -0.1) is 0 Å². The Morgan fingerprint density at radius 1 is 1.19 bits per heavy atom. The fourth-order valence-corrected chi connectivity index (χ4v) is 2.49. The topological polar surface area (TPSA) is 75.6 Å². The van der Waals surface area contributed by atoms with Crippen molar-refractivity contribution in [1.82, 2.24) is 9.97 Å². The highest BCUT2D eigenvalue weighted by Crippen LogP contribution is 2.31. The van der Waals surface area contributed by atoms with Gasteiger partial charge in [-0.25, -0.2) is 4.98 Å². The van der Waals surface area contributed by atoms with Crippen LogP contribution >= 0.6 is 0 Å². The molecule has 4 heteroatoms. The molecule has 2 aromatic heterocycles. The monoisotopic (exact) mass is 274 g/mol. The number of hydrogen-bond acceptors (Lipinski definition) is 4. The number of aromatic nitrogens is 2. The van der Waals surface area contributed by atoms with Crippen LogP contribution < -0.4 is 5.73 Å². The largest absolute Gasteiger partial charge is 0.397 e. The quantitative estimate of drug-likeness (QED) is 0.778. The van der Waals surface area contributed by atoms with Gasteiger partial charge < -0.3 is 5.73 Å². The molecular weight excluding hydrogens is 260 g/mol. The molecule has 0 aliphatic heterocycles. The first-order valence-corrected chi connectivity index (χ1v) is 6.70. The number of rotatable bonds is 2. The SMILES string of the molecule is CC(c1ccccc1)c1nc2cnccc2c(N)c1C#N. The van der Waals surface area contributed by atoms with Gasteiger partial charge in [-0.05, 0) is 11.6 Å². The van der Waals surface area contributed by atoms with Gasteiger partial charge in [0.15, 0.2) is 0 Å². The van der Waals surface area contributed by atoms with E-state index >= 15 is 0 Å². The first kappa shape index (κ1) is 13.1. The Balaban J connectivity index is 2.25. The summed E-state index contributed by atoms with van der Waals surface area (Å²) in [6.45, 7) is 2.03. The van der Waals surface area contributed by atoms with Crippen LogP contribution in [0.25, 0.3) is 10.9 Å². The Labute approximate surface area is 122 Å². The number of nitrogens with two attached hydrogens (primary N) is 1. The number of benzene rings is 1. The number of hydrogen-bond donors (Lipinski definition) is 1. The third-order valence-corrected chi connectivity index (χ3v) is 3.68. The number of nitrogens with zero attached hydrogens (tertiary/aromatic N) is 3. The lowest BCUT2D eigenvalue weighted by molar-refractivity contribution is 0.875. The van der Waals surface area contributed by atoms with Crippen LogP contribution in [0.3, 0.4) is 0 Å². The number of fused-ring (bicyclic) bond motifs is 1. The van der Waals surface area contributed by atoms with Gasteiger partial charge in [0.25, 0.3) is 0 Å². The van der Waals surface area contributed by atoms with Gasteiger partial charge in [0, 0.05) is 17.5 Å². The van der Waals surface area contributed by atoms with Crippen LogP contribution in [0.15, 0.2) is 48.8 Å². The molecule has 0 aliphatic carbocycles. The summed E-state index contributed by atoms with van der Waals surface area (Å²) in [6, 6.07) is 14.0. The van der Waals surface area contributed by atoms with Crippen molar-refractivity contribution >= 4 is 16.6 Å². The van der Waals surface area contributed by atoms with Gasteiger partial charge in [-0.1, -0.05) is 37.3 Å². The highest BCUT2D eigenvalue weighted by atomic mass is 14.8. The van der Waals surface area contributed by atoms with Gasteiger partial charge in [0.2, 0.25) is 0 Å². The van der Waals surface area contributed by atoms with Crippen LogP contribution in [0.4, 0.5) is 5.69 Å². The summed E-state index contributed by atoms with van der Waals surface area (Å²) in [6.07, 6.45) is 3.33. The molecule has 21 heavy (non-hydrogen) atoms. The van der Waals surface area contributed by atoms with E-state index in [0.717, 1.165) is 10.9 Å². The minimum Gasteiger partial charge on any atom is -0.397 e. The first-order chi connectivity index (χ1) is 10.2. The summed E-state index contributed by atoms with van der Waals surface area (Å²) in [5.74, 6) is -0.00671. The van der Waals surface area contributed by atoms with Crippen molar-refractivity contribution in [3.8, 4) is 6.07 Å². The van der Waals surface area contributed by atoms with E-state index in [-0.39, 0.29) is 5.92 Å². The molecule has 0 saturated carbocycles. The van der Waals surface area contributed by atoms with E-state index in [1.54, 1.807) is 18.5 Å². The van der Waals surface area contributed by atoms with E-state index in [4.69, 9.17) is 5.73 Å². The van der Waals surface area contributed by atoms with E-state index < -0.39 is 0 Å². The van der Waals surface area contributed by atoms with Crippen LogP contribution in [0.1, 0.15) is 29.7 Å². The van der Waals surface area contributed by atoms with Crippen LogP contribution in [-0.2, 0) is 0 Å². The van der Waals surface area contributed by atoms with Crippen LogP contribution in [0.2, 0.25) is 0 Å². The summed E-state index contributed by atoms with van der Waals surface area (Å²) in [4.78, 5) is 8.70. The molecule has 0 saturated heterocycles. The van der Waals surface area contributed by atoms with Gasteiger partial charge in [0.1, 0.15) is 6.07 Å². The van der Waals surface area contributed by atoms with Crippen molar-refractivity contribution in [1.29, 1.82) is 5.26 Å². The molecule has 1 aromatic carbocycles. The van der Waals surface area contributed by atoms with Gasteiger partial charge in [0.05, 0.1) is 28.7 Å². The number of nitriles is 1. The molecule has 0 bridgehead atoms. The maximum absolute atomic E-state index is 9.47. The number of pyridine rings is 2. The lowest BCUT2D eigenvalue weighted by Gasteiger charge is -2.15. The summed E-state index contributed by atoms with van der Waals surface area (Å²) in [7, 11) is 0. The molecular formula is C17H14N4. The third kappa shape index (κ3) is 2.19. The Morgan fingerprint density at radius 2 is 1.95 bits per heavy atom. The van der Waals surface area contributed by atoms with Crippen molar-refractivity contribution in [3.05, 3.63) is 65.6 Å². The maximum Gasteiger partial charge on any atom is 0.103 e. The normalized spacial score (nSPS) is 12.0. The molecule has 0 amide bonds. The molecule has 1 atom stereocenters. The highest BCUT2D eigenvalue weighted by Gasteiger charge is 2.19. The summed E-state index contributed by atoms with van der Waals surface area (Å²) < 4.78 is 0. The van der Waals surface area contributed by atoms with Crippen LogP contribution in [-0.4, -0.2) is 9.97 Å². The fraction of sp³-hybridized carbons (Fsp3) is 0.118. The van der Waals surface area contributed by atoms with Crippen molar-refractivity contribution in [2.24, 2.45) is 0 Å². The summed E-state index contributed by atoms with van der Waals surface area (Å²) in [5, 5.41) is 10.2. The second kappa shape index (κ2) is 5.22. The predicted octanol–water partition coefficient (Wildman–Crippen LogP) is 3.24. The summed E-state index contributed by atoms with van der Waals surface area (Å²) >= 11 is 0. The van der Waals surface area contributed by atoms with Gasteiger partial charge in [-0.2, -0.15) is 5.26 Å². The Kier molecular flexibility index (Phi) is 3.25. The highest BCUT2D eigenvalue weighted by molar-refractivity contribution is 5.93. The second-order valence-corrected chi connectivity index (χ2v) is 4.92. The smallest absolute Gasteiger partial charge is 0.103 e. The van der Waals surface area contributed by atoms with Crippen LogP contribution in [0, 0.1) is 11.3 Å². The maximum atomic E-state index is 9.47. The zero-order chi connectivity index (χ0) is 14.8.